The molecule has 0 aromatic heterocycles. The van der Waals surface area contributed by atoms with Crippen molar-refractivity contribution in [2.75, 3.05) is 31.2 Å². The predicted octanol–water partition coefficient (Wildman–Crippen LogP) is 1.81. The summed E-state index contributed by atoms with van der Waals surface area (Å²) in [6.45, 7) is 4.00. The highest BCUT2D eigenvalue weighted by Crippen LogP contribution is 2.31. The molecule has 104 valence electrons. The Balaban J connectivity index is 2.26. The van der Waals surface area contributed by atoms with Crippen LogP contribution in [0.1, 0.15) is 13.3 Å². The molecule has 1 aliphatic rings. The molecule has 1 atom stereocenters. The Labute approximate surface area is 111 Å². The largest absolute Gasteiger partial charge is 0.494 e. The molecule has 1 unspecified atom stereocenters. The molecule has 0 saturated carbocycles. The van der Waals surface area contributed by atoms with Crippen LogP contribution in [0.3, 0.4) is 0 Å². The lowest BCUT2D eigenvalue weighted by molar-refractivity contribution is -0.384. The highest BCUT2D eigenvalue weighted by Gasteiger charge is 2.24. The van der Waals surface area contributed by atoms with Gasteiger partial charge in [-0.05, 0) is 13.3 Å². The summed E-state index contributed by atoms with van der Waals surface area (Å²) in [5, 5.41) is 20.1. The van der Waals surface area contributed by atoms with Gasteiger partial charge in [0.15, 0.2) is 0 Å². The summed E-state index contributed by atoms with van der Waals surface area (Å²) in [6.07, 6.45) is 0.906. The van der Waals surface area contributed by atoms with Crippen LogP contribution in [0.4, 0.5) is 11.4 Å². The van der Waals surface area contributed by atoms with Gasteiger partial charge in [-0.3, -0.25) is 10.1 Å². The van der Waals surface area contributed by atoms with E-state index in [4.69, 9.17) is 9.84 Å². The number of nitro groups is 1. The number of benzene rings is 1. The molecule has 2 rings (SSSR count). The summed E-state index contributed by atoms with van der Waals surface area (Å²) in [4.78, 5) is 12.6. The van der Waals surface area contributed by atoms with Crippen LogP contribution in [0.15, 0.2) is 18.2 Å². The Kier molecular flexibility index (Phi) is 4.21. The van der Waals surface area contributed by atoms with Crippen LogP contribution in [0, 0.1) is 16.0 Å². The lowest BCUT2D eigenvalue weighted by Crippen LogP contribution is -2.20. The molecule has 0 amide bonds. The zero-order chi connectivity index (χ0) is 13.8. The molecule has 0 spiro atoms. The van der Waals surface area contributed by atoms with Gasteiger partial charge in [0.1, 0.15) is 5.75 Å². The van der Waals surface area contributed by atoms with Crippen molar-refractivity contribution in [2.45, 2.75) is 13.3 Å². The maximum atomic E-state index is 10.9. The van der Waals surface area contributed by atoms with Gasteiger partial charge in [0.25, 0.3) is 5.69 Å². The van der Waals surface area contributed by atoms with Crippen LogP contribution in [0.25, 0.3) is 0 Å². The van der Waals surface area contributed by atoms with E-state index in [1.807, 2.05) is 13.0 Å². The molecule has 1 fully saturated rings. The van der Waals surface area contributed by atoms with Crippen molar-refractivity contribution in [3.8, 4) is 5.75 Å². The summed E-state index contributed by atoms with van der Waals surface area (Å²) < 4.78 is 5.37. The quantitative estimate of drug-likeness (QED) is 0.649. The lowest BCUT2D eigenvalue weighted by atomic mass is 10.1. The second-order valence-corrected chi connectivity index (χ2v) is 4.66. The lowest BCUT2D eigenvalue weighted by Gasteiger charge is -2.19. The second-order valence-electron chi connectivity index (χ2n) is 4.66. The molecule has 6 nitrogen and oxygen atoms in total. The van der Waals surface area contributed by atoms with Crippen LogP contribution in [-0.4, -0.2) is 36.3 Å². The fourth-order valence-electron chi connectivity index (χ4n) is 2.32. The molecule has 1 saturated heterocycles. The van der Waals surface area contributed by atoms with E-state index >= 15 is 0 Å². The molecule has 1 aromatic rings. The van der Waals surface area contributed by atoms with Crippen LogP contribution in [-0.2, 0) is 0 Å². The van der Waals surface area contributed by atoms with Crippen LogP contribution >= 0.6 is 0 Å². The molecule has 0 bridgehead atoms. The van der Waals surface area contributed by atoms with Crippen LogP contribution in [0.2, 0.25) is 0 Å². The highest BCUT2D eigenvalue weighted by molar-refractivity contribution is 5.58. The molecular weight excluding hydrogens is 248 g/mol. The molecule has 1 aliphatic heterocycles. The average Bonchev–Trinajstić information content (AvgIpc) is 2.87. The van der Waals surface area contributed by atoms with Gasteiger partial charge in [0.05, 0.1) is 17.6 Å². The summed E-state index contributed by atoms with van der Waals surface area (Å²) in [6, 6.07) is 4.81. The van der Waals surface area contributed by atoms with Gasteiger partial charge >= 0.3 is 0 Å². The van der Waals surface area contributed by atoms with Gasteiger partial charge in [-0.1, -0.05) is 0 Å². The minimum Gasteiger partial charge on any atom is -0.494 e. The summed E-state index contributed by atoms with van der Waals surface area (Å²) in [5.74, 6) is 0.758. The average molecular weight is 266 g/mol. The normalized spacial score (nSPS) is 18.6. The van der Waals surface area contributed by atoms with Crippen molar-refractivity contribution in [3.05, 3.63) is 28.3 Å². The zero-order valence-electron chi connectivity index (χ0n) is 10.9. The molecule has 0 aliphatic carbocycles. The molecule has 0 radical (unpaired) electrons. The van der Waals surface area contributed by atoms with Gasteiger partial charge in [0, 0.05) is 43.4 Å². The number of nitrogens with zero attached hydrogens (tertiary/aromatic N) is 2. The first-order valence-corrected chi connectivity index (χ1v) is 6.42. The number of hydrogen-bond donors (Lipinski definition) is 1. The van der Waals surface area contributed by atoms with Gasteiger partial charge < -0.3 is 14.7 Å². The minimum atomic E-state index is -0.411. The fourth-order valence-corrected chi connectivity index (χ4v) is 2.32. The van der Waals surface area contributed by atoms with Crippen molar-refractivity contribution in [2.24, 2.45) is 5.92 Å². The number of aliphatic hydroxyl groups is 1. The highest BCUT2D eigenvalue weighted by atomic mass is 16.6. The van der Waals surface area contributed by atoms with Gasteiger partial charge in [-0.15, -0.1) is 0 Å². The number of nitro benzene ring substituents is 1. The summed E-state index contributed by atoms with van der Waals surface area (Å²) in [7, 11) is 0. The molecule has 19 heavy (non-hydrogen) atoms. The van der Waals surface area contributed by atoms with E-state index in [1.165, 1.54) is 6.07 Å². The van der Waals surface area contributed by atoms with E-state index in [1.54, 1.807) is 6.07 Å². The van der Waals surface area contributed by atoms with Crippen LogP contribution in [0.5, 0.6) is 5.75 Å². The fraction of sp³-hybridized carbons (Fsp3) is 0.538. The molecule has 1 heterocycles. The Bertz CT molecular complexity index is 464. The third-order valence-corrected chi connectivity index (χ3v) is 3.31. The Hall–Kier alpha value is -1.82. The second kappa shape index (κ2) is 5.88. The molecular formula is C13H18N2O4. The van der Waals surface area contributed by atoms with Crippen molar-refractivity contribution in [1.29, 1.82) is 0 Å². The van der Waals surface area contributed by atoms with E-state index in [2.05, 4.69) is 4.90 Å². The van der Waals surface area contributed by atoms with Crippen molar-refractivity contribution >= 4 is 11.4 Å². The van der Waals surface area contributed by atoms with Gasteiger partial charge in [0.2, 0.25) is 0 Å². The Morgan fingerprint density at radius 3 is 2.89 bits per heavy atom. The maximum absolute atomic E-state index is 10.9. The third kappa shape index (κ3) is 3.14. The first-order valence-electron chi connectivity index (χ1n) is 6.42. The van der Waals surface area contributed by atoms with E-state index < -0.39 is 4.92 Å². The standard InChI is InChI=1S/C13H18N2O4/c1-2-19-13-6-11(5-12(7-13)15(17)18)14-4-3-10(8-14)9-16/h5-7,10,16H,2-4,8-9H2,1H3. The van der Waals surface area contributed by atoms with Crippen LogP contribution < -0.4 is 9.64 Å². The summed E-state index contributed by atoms with van der Waals surface area (Å²) in [5.41, 5.74) is 0.821. The van der Waals surface area contributed by atoms with Gasteiger partial charge in [-0.25, -0.2) is 0 Å². The molecule has 6 heteroatoms. The first kappa shape index (κ1) is 13.6. The predicted molar refractivity (Wildman–Crippen MR) is 71.7 cm³/mol. The maximum Gasteiger partial charge on any atom is 0.275 e. The molecule has 1 aromatic carbocycles. The number of hydrogen-bond acceptors (Lipinski definition) is 5. The number of ether oxygens (including phenoxy) is 1. The monoisotopic (exact) mass is 266 g/mol. The number of non-ortho nitro benzene ring substituents is 1. The Morgan fingerprint density at radius 2 is 2.32 bits per heavy atom. The van der Waals surface area contributed by atoms with Gasteiger partial charge in [-0.2, -0.15) is 0 Å². The number of aliphatic hydroxyl groups excluding tert-OH is 1. The smallest absolute Gasteiger partial charge is 0.275 e. The topological polar surface area (TPSA) is 75.8 Å². The first-order chi connectivity index (χ1) is 9.13. The van der Waals surface area contributed by atoms with E-state index in [9.17, 15) is 10.1 Å². The molecule has 1 N–H and O–H groups in total. The number of anilines is 1. The Morgan fingerprint density at radius 1 is 1.53 bits per heavy atom. The van der Waals surface area contributed by atoms with E-state index in [0.29, 0.717) is 12.4 Å². The van der Waals surface area contributed by atoms with Crippen molar-refractivity contribution in [1.82, 2.24) is 0 Å². The van der Waals surface area contributed by atoms with Crippen molar-refractivity contribution in [3.63, 3.8) is 0 Å². The SMILES string of the molecule is CCOc1cc(N2CCC(CO)C2)cc([N+](=O)[O-])c1. The third-order valence-electron chi connectivity index (χ3n) is 3.31. The number of rotatable bonds is 5. The minimum absolute atomic E-state index is 0.0356. The van der Waals surface area contributed by atoms with E-state index in [0.717, 1.165) is 25.2 Å². The van der Waals surface area contributed by atoms with Crippen molar-refractivity contribution < 1.29 is 14.8 Å². The zero-order valence-corrected chi connectivity index (χ0v) is 10.9. The summed E-state index contributed by atoms with van der Waals surface area (Å²) >= 11 is 0. The van der Waals surface area contributed by atoms with E-state index in [-0.39, 0.29) is 18.2 Å².